The van der Waals surface area contributed by atoms with Gasteiger partial charge in [0.15, 0.2) is 0 Å². The van der Waals surface area contributed by atoms with Gasteiger partial charge in [-0.15, -0.1) is 0 Å². The summed E-state index contributed by atoms with van der Waals surface area (Å²) in [5.74, 6) is 0. The summed E-state index contributed by atoms with van der Waals surface area (Å²) in [4.78, 5) is 3.93. The Balaban J connectivity index is 2.89. The van der Waals surface area contributed by atoms with Crippen molar-refractivity contribution in [2.75, 3.05) is 0 Å². The Morgan fingerprint density at radius 2 is 2.18 bits per heavy atom. The van der Waals surface area contributed by atoms with Gasteiger partial charge in [0, 0.05) is 5.02 Å². The average molecular weight is 210 g/mol. The zero-order valence-electron chi connectivity index (χ0n) is 5.42. The highest BCUT2D eigenvalue weighted by Gasteiger charge is 1.98. The van der Waals surface area contributed by atoms with Gasteiger partial charge in [-0.2, -0.15) is 0 Å². The summed E-state index contributed by atoms with van der Waals surface area (Å²) in [5, 5.41) is 0.906. The van der Waals surface area contributed by atoms with Gasteiger partial charge in [0.1, 0.15) is 11.8 Å². The monoisotopic (exact) mass is 209 g/mol. The average Bonchev–Trinajstić information content (AvgIpc) is 1.85. The molecule has 1 aromatic heterocycles. The molecule has 0 aliphatic rings. The van der Waals surface area contributed by atoms with Crippen LogP contribution in [0.25, 0.3) is 0 Å². The second-order valence-electron chi connectivity index (χ2n) is 1.87. The van der Waals surface area contributed by atoms with Crippen molar-refractivity contribution in [3.63, 3.8) is 0 Å². The molecule has 0 amide bonds. The SMILES string of the molecule is SOCc1cc(Cl)cc(Cl)n1. The molecular weight excluding hydrogens is 205 g/mol. The van der Waals surface area contributed by atoms with E-state index in [0.29, 0.717) is 22.5 Å². The van der Waals surface area contributed by atoms with Gasteiger partial charge in [-0.1, -0.05) is 23.2 Å². The van der Waals surface area contributed by atoms with E-state index < -0.39 is 0 Å². The standard InChI is InChI=1S/C6H5Cl2NOS/c7-4-1-5(3-10-11)9-6(8)2-4/h1-2,11H,3H2. The molecule has 1 heterocycles. The molecule has 0 aromatic carbocycles. The lowest BCUT2D eigenvalue weighted by molar-refractivity contribution is 0.365. The predicted octanol–water partition coefficient (Wildman–Crippen LogP) is 2.75. The van der Waals surface area contributed by atoms with Crippen molar-refractivity contribution in [1.82, 2.24) is 4.98 Å². The minimum Gasteiger partial charge on any atom is -0.312 e. The molecule has 0 saturated carbocycles. The Bertz CT molecular complexity index is 236. The lowest BCUT2D eigenvalue weighted by Crippen LogP contribution is -1.89. The maximum atomic E-state index is 5.68. The van der Waals surface area contributed by atoms with Crippen LogP contribution in [0.2, 0.25) is 10.2 Å². The first-order chi connectivity index (χ1) is 5.22. The molecule has 0 aliphatic carbocycles. The van der Waals surface area contributed by atoms with Crippen LogP contribution in [-0.4, -0.2) is 4.98 Å². The molecule has 0 bridgehead atoms. The summed E-state index contributed by atoms with van der Waals surface area (Å²) in [6, 6.07) is 3.23. The van der Waals surface area contributed by atoms with Crippen molar-refractivity contribution in [2.24, 2.45) is 0 Å². The van der Waals surface area contributed by atoms with Gasteiger partial charge < -0.3 is 4.18 Å². The molecule has 0 N–H and O–H groups in total. The van der Waals surface area contributed by atoms with Crippen molar-refractivity contribution in [3.05, 3.63) is 28.0 Å². The van der Waals surface area contributed by atoms with Crippen LogP contribution in [-0.2, 0) is 10.8 Å². The zero-order valence-corrected chi connectivity index (χ0v) is 7.83. The number of thiol groups is 1. The molecule has 0 spiro atoms. The molecule has 0 fully saturated rings. The summed E-state index contributed by atoms with van der Waals surface area (Å²) in [7, 11) is 0. The van der Waals surface area contributed by atoms with E-state index in [9.17, 15) is 0 Å². The molecule has 1 rings (SSSR count). The first-order valence-corrected chi connectivity index (χ1v) is 3.93. The van der Waals surface area contributed by atoms with Gasteiger partial charge in [0.05, 0.1) is 5.69 Å². The minimum absolute atomic E-state index is 0.295. The van der Waals surface area contributed by atoms with Crippen molar-refractivity contribution in [2.45, 2.75) is 6.61 Å². The van der Waals surface area contributed by atoms with E-state index in [0.717, 1.165) is 0 Å². The molecule has 0 unspecified atom stereocenters. The largest absolute Gasteiger partial charge is 0.312 e. The molecule has 0 atom stereocenters. The number of halogens is 2. The first-order valence-electron chi connectivity index (χ1n) is 2.80. The molecule has 11 heavy (non-hydrogen) atoms. The summed E-state index contributed by atoms with van der Waals surface area (Å²) in [6.45, 7) is 0.295. The van der Waals surface area contributed by atoms with Gasteiger partial charge in [-0.05, 0) is 25.0 Å². The predicted molar refractivity (Wildman–Crippen MR) is 48.0 cm³/mol. The van der Waals surface area contributed by atoms with E-state index in [4.69, 9.17) is 23.2 Å². The van der Waals surface area contributed by atoms with E-state index in [2.05, 4.69) is 22.1 Å². The van der Waals surface area contributed by atoms with Crippen molar-refractivity contribution >= 4 is 36.1 Å². The van der Waals surface area contributed by atoms with E-state index in [1.165, 1.54) is 0 Å². The van der Waals surface area contributed by atoms with Crippen molar-refractivity contribution in [1.29, 1.82) is 0 Å². The summed E-state index contributed by atoms with van der Waals surface area (Å²) in [6.07, 6.45) is 0. The third kappa shape index (κ3) is 2.87. The third-order valence-corrected chi connectivity index (χ3v) is 1.57. The lowest BCUT2D eigenvalue weighted by Gasteiger charge is -1.98. The van der Waals surface area contributed by atoms with Crippen LogP contribution in [0.3, 0.4) is 0 Å². The third-order valence-electron chi connectivity index (χ3n) is 1.02. The maximum Gasteiger partial charge on any atom is 0.130 e. The van der Waals surface area contributed by atoms with Crippen molar-refractivity contribution < 1.29 is 4.18 Å². The summed E-state index contributed by atoms with van der Waals surface area (Å²) >= 11 is 14.9. The number of rotatable bonds is 2. The molecule has 1 aromatic rings. The van der Waals surface area contributed by atoms with Crippen LogP contribution < -0.4 is 0 Å². The first kappa shape index (κ1) is 9.13. The molecule has 2 nitrogen and oxygen atoms in total. The normalized spacial score (nSPS) is 10.1. The second-order valence-corrected chi connectivity index (χ2v) is 2.95. The van der Waals surface area contributed by atoms with Crippen LogP contribution in [0.1, 0.15) is 5.69 Å². The quantitative estimate of drug-likeness (QED) is 0.460. The van der Waals surface area contributed by atoms with E-state index >= 15 is 0 Å². The molecular formula is C6H5Cl2NOS. The number of hydrogen-bond acceptors (Lipinski definition) is 3. The number of pyridine rings is 1. The lowest BCUT2D eigenvalue weighted by atomic mass is 10.4. The number of hydrogen-bond donors (Lipinski definition) is 1. The molecule has 0 radical (unpaired) electrons. The fourth-order valence-corrected chi connectivity index (χ4v) is 1.30. The Morgan fingerprint density at radius 1 is 1.45 bits per heavy atom. The second kappa shape index (κ2) is 4.16. The molecule has 5 heteroatoms. The Hall–Kier alpha value is 0.0400. The maximum absolute atomic E-state index is 5.68. The Labute approximate surface area is 80.1 Å². The zero-order chi connectivity index (χ0) is 8.27. The van der Waals surface area contributed by atoms with Crippen LogP contribution in [0.5, 0.6) is 0 Å². The minimum atomic E-state index is 0.295. The van der Waals surface area contributed by atoms with Gasteiger partial charge in [-0.3, -0.25) is 0 Å². The number of aromatic nitrogens is 1. The van der Waals surface area contributed by atoms with Crippen LogP contribution in [0.15, 0.2) is 12.1 Å². The topological polar surface area (TPSA) is 22.1 Å². The highest BCUT2D eigenvalue weighted by atomic mass is 35.5. The van der Waals surface area contributed by atoms with Gasteiger partial charge in [0.25, 0.3) is 0 Å². The highest BCUT2D eigenvalue weighted by molar-refractivity contribution is 7.75. The van der Waals surface area contributed by atoms with Gasteiger partial charge in [0.2, 0.25) is 0 Å². The van der Waals surface area contributed by atoms with Crippen LogP contribution >= 0.6 is 36.1 Å². The Morgan fingerprint density at radius 3 is 2.73 bits per heavy atom. The summed E-state index contributed by atoms with van der Waals surface area (Å²) in [5.41, 5.74) is 0.664. The van der Waals surface area contributed by atoms with E-state index in [-0.39, 0.29) is 0 Å². The smallest absolute Gasteiger partial charge is 0.130 e. The van der Waals surface area contributed by atoms with E-state index in [1.807, 2.05) is 0 Å². The molecule has 0 aliphatic heterocycles. The molecule has 0 saturated heterocycles. The fraction of sp³-hybridized carbons (Fsp3) is 0.167. The van der Waals surface area contributed by atoms with Gasteiger partial charge in [-0.25, -0.2) is 4.98 Å². The van der Waals surface area contributed by atoms with E-state index in [1.54, 1.807) is 12.1 Å². The Kier molecular flexibility index (Phi) is 3.45. The van der Waals surface area contributed by atoms with Gasteiger partial charge >= 0.3 is 0 Å². The highest BCUT2D eigenvalue weighted by Crippen LogP contribution is 2.15. The van der Waals surface area contributed by atoms with Crippen LogP contribution in [0.4, 0.5) is 0 Å². The summed E-state index contributed by atoms with van der Waals surface area (Å²) < 4.78 is 4.55. The van der Waals surface area contributed by atoms with Crippen molar-refractivity contribution in [3.8, 4) is 0 Å². The number of nitrogens with zero attached hydrogens (tertiary/aromatic N) is 1. The van der Waals surface area contributed by atoms with Crippen LogP contribution in [0, 0.1) is 0 Å². The fourth-order valence-electron chi connectivity index (χ4n) is 0.656. The molecule has 60 valence electrons.